The van der Waals surface area contributed by atoms with Crippen molar-refractivity contribution in [2.24, 2.45) is 0 Å². The monoisotopic (exact) mass is 561 g/mol. The molecule has 0 radical (unpaired) electrons. The second-order valence-corrected chi connectivity index (χ2v) is 12.5. The van der Waals surface area contributed by atoms with Crippen molar-refractivity contribution in [3.8, 4) is 0 Å². The largest absolute Gasteiger partial charge is 0.352 e. The van der Waals surface area contributed by atoms with E-state index < -0.39 is 16.1 Å². The van der Waals surface area contributed by atoms with Gasteiger partial charge in [-0.15, -0.1) is 0 Å². The zero-order valence-electron chi connectivity index (χ0n) is 22.7. The molecule has 0 bridgehead atoms. The van der Waals surface area contributed by atoms with Gasteiger partial charge in [0.05, 0.1) is 11.9 Å². The molecule has 1 N–H and O–H groups in total. The number of benzene rings is 2. The van der Waals surface area contributed by atoms with E-state index in [0.29, 0.717) is 23.6 Å². The van der Waals surface area contributed by atoms with Crippen LogP contribution in [0.5, 0.6) is 0 Å². The highest BCUT2D eigenvalue weighted by molar-refractivity contribution is 7.92. The molecule has 2 aromatic carbocycles. The highest BCUT2D eigenvalue weighted by Crippen LogP contribution is 2.22. The van der Waals surface area contributed by atoms with E-state index in [0.717, 1.165) is 36.8 Å². The molecular weight excluding hydrogens is 522 g/mol. The number of anilines is 1. The fourth-order valence-corrected chi connectivity index (χ4v) is 6.06. The maximum absolute atomic E-state index is 13.6. The Balaban J connectivity index is 1.74. The van der Waals surface area contributed by atoms with Crippen LogP contribution in [0.2, 0.25) is 5.02 Å². The predicted molar refractivity (Wildman–Crippen MR) is 154 cm³/mol. The first-order valence-corrected chi connectivity index (χ1v) is 15.7. The van der Waals surface area contributed by atoms with Crippen LogP contribution < -0.4 is 9.62 Å². The maximum atomic E-state index is 13.6. The van der Waals surface area contributed by atoms with E-state index in [1.165, 1.54) is 17.0 Å². The summed E-state index contributed by atoms with van der Waals surface area (Å²) in [5.74, 6) is -0.304. The van der Waals surface area contributed by atoms with Gasteiger partial charge in [0, 0.05) is 30.6 Å². The first-order valence-electron chi connectivity index (χ1n) is 13.5. The van der Waals surface area contributed by atoms with Gasteiger partial charge in [0.2, 0.25) is 21.8 Å². The van der Waals surface area contributed by atoms with Gasteiger partial charge < -0.3 is 10.2 Å². The summed E-state index contributed by atoms with van der Waals surface area (Å²) in [5.41, 5.74) is 2.48. The van der Waals surface area contributed by atoms with Gasteiger partial charge in [-0.25, -0.2) is 8.42 Å². The quantitative estimate of drug-likeness (QED) is 0.373. The van der Waals surface area contributed by atoms with Gasteiger partial charge in [-0.3, -0.25) is 13.9 Å². The van der Waals surface area contributed by atoms with Crippen molar-refractivity contribution in [2.75, 3.05) is 17.1 Å². The molecule has 3 rings (SSSR count). The molecule has 9 heteroatoms. The van der Waals surface area contributed by atoms with Gasteiger partial charge in [-0.2, -0.15) is 0 Å². The number of aryl methyl sites for hydroxylation is 1. The van der Waals surface area contributed by atoms with E-state index in [2.05, 4.69) is 5.32 Å². The smallest absolute Gasteiger partial charge is 0.243 e. The highest BCUT2D eigenvalue weighted by atomic mass is 35.5. The number of hydrogen-bond acceptors (Lipinski definition) is 4. The Morgan fingerprint density at radius 3 is 2.24 bits per heavy atom. The molecule has 0 saturated heterocycles. The molecule has 2 aromatic rings. The maximum Gasteiger partial charge on any atom is 0.243 e. The molecular formula is C29H40ClN3O4S. The number of hydrogen-bond donors (Lipinski definition) is 1. The topological polar surface area (TPSA) is 86.8 Å². The van der Waals surface area contributed by atoms with Crippen LogP contribution in [0.15, 0.2) is 48.5 Å². The SMILES string of the molecule is CCC(C(=O)NC1CCCCC1)N(Cc1ccc(Cl)cc1)C(=O)CCCN(c1ccc(C)cc1)S(C)(=O)=O. The Morgan fingerprint density at radius 2 is 1.66 bits per heavy atom. The van der Waals surface area contributed by atoms with E-state index in [1.54, 1.807) is 29.2 Å². The van der Waals surface area contributed by atoms with E-state index in [1.807, 2.05) is 38.1 Å². The lowest BCUT2D eigenvalue weighted by Gasteiger charge is -2.33. The molecule has 0 spiro atoms. The van der Waals surface area contributed by atoms with Gasteiger partial charge in [0.25, 0.3) is 0 Å². The third kappa shape index (κ3) is 8.73. The molecule has 0 aliphatic heterocycles. The zero-order chi connectivity index (χ0) is 27.7. The summed E-state index contributed by atoms with van der Waals surface area (Å²) in [5, 5.41) is 3.78. The molecule has 1 fully saturated rings. The number of nitrogens with zero attached hydrogens (tertiary/aromatic N) is 2. The van der Waals surface area contributed by atoms with Crippen LogP contribution in [0.25, 0.3) is 0 Å². The van der Waals surface area contributed by atoms with Crippen LogP contribution in [0.4, 0.5) is 5.69 Å². The second-order valence-electron chi connectivity index (χ2n) is 10.2. The summed E-state index contributed by atoms with van der Waals surface area (Å²) in [4.78, 5) is 28.6. The van der Waals surface area contributed by atoms with Gasteiger partial charge in [-0.05, 0) is 62.4 Å². The van der Waals surface area contributed by atoms with Crippen molar-refractivity contribution in [1.82, 2.24) is 10.2 Å². The fraction of sp³-hybridized carbons (Fsp3) is 0.517. The molecule has 208 valence electrons. The van der Waals surface area contributed by atoms with Crippen molar-refractivity contribution >= 4 is 39.1 Å². The van der Waals surface area contributed by atoms with Gasteiger partial charge in [0.1, 0.15) is 6.04 Å². The van der Waals surface area contributed by atoms with E-state index in [4.69, 9.17) is 11.6 Å². The van der Waals surface area contributed by atoms with Crippen LogP contribution in [0, 0.1) is 6.92 Å². The highest BCUT2D eigenvalue weighted by Gasteiger charge is 2.30. The molecule has 38 heavy (non-hydrogen) atoms. The van der Waals surface area contributed by atoms with Crippen molar-refractivity contribution in [3.63, 3.8) is 0 Å². The lowest BCUT2D eigenvalue weighted by molar-refractivity contribution is -0.141. The van der Waals surface area contributed by atoms with Crippen molar-refractivity contribution in [2.45, 2.75) is 83.8 Å². The molecule has 0 heterocycles. The van der Waals surface area contributed by atoms with E-state index in [9.17, 15) is 18.0 Å². The summed E-state index contributed by atoms with van der Waals surface area (Å²) in [6, 6.07) is 14.1. The summed E-state index contributed by atoms with van der Waals surface area (Å²) in [6.45, 7) is 4.31. The minimum atomic E-state index is -3.52. The average molecular weight is 562 g/mol. The number of halogens is 1. The molecule has 1 unspecified atom stereocenters. The van der Waals surface area contributed by atoms with Crippen LogP contribution in [0.3, 0.4) is 0 Å². The molecule has 7 nitrogen and oxygen atoms in total. The lowest BCUT2D eigenvalue weighted by atomic mass is 9.95. The number of amides is 2. The molecule has 0 aromatic heterocycles. The summed E-state index contributed by atoms with van der Waals surface area (Å²) in [7, 11) is -3.52. The van der Waals surface area contributed by atoms with Crippen LogP contribution in [0.1, 0.15) is 69.4 Å². The van der Waals surface area contributed by atoms with Crippen molar-refractivity contribution in [1.29, 1.82) is 0 Å². The van der Waals surface area contributed by atoms with Gasteiger partial charge in [0.15, 0.2) is 0 Å². The summed E-state index contributed by atoms with van der Waals surface area (Å²) < 4.78 is 26.3. The average Bonchev–Trinajstić information content (AvgIpc) is 2.88. The molecule has 2 amide bonds. The summed E-state index contributed by atoms with van der Waals surface area (Å²) >= 11 is 6.06. The number of nitrogens with one attached hydrogen (secondary N) is 1. The van der Waals surface area contributed by atoms with Gasteiger partial charge in [-0.1, -0.05) is 67.6 Å². The van der Waals surface area contributed by atoms with Crippen LogP contribution in [-0.2, 0) is 26.2 Å². The van der Waals surface area contributed by atoms with Crippen LogP contribution >= 0.6 is 11.6 Å². The third-order valence-corrected chi connectivity index (χ3v) is 8.52. The molecule has 1 aliphatic rings. The van der Waals surface area contributed by atoms with Gasteiger partial charge >= 0.3 is 0 Å². The first kappa shape index (κ1) is 30.0. The number of sulfonamides is 1. The number of rotatable bonds is 12. The molecule has 1 atom stereocenters. The molecule has 1 aliphatic carbocycles. The lowest BCUT2D eigenvalue weighted by Crippen LogP contribution is -2.51. The Kier molecular flexibility index (Phi) is 11.0. The molecule has 1 saturated carbocycles. The predicted octanol–water partition coefficient (Wildman–Crippen LogP) is 5.45. The van der Waals surface area contributed by atoms with E-state index >= 15 is 0 Å². The fourth-order valence-electron chi connectivity index (χ4n) is 4.97. The summed E-state index contributed by atoms with van der Waals surface area (Å²) in [6.07, 6.45) is 7.44. The standard InChI is InChI=1S/C29H40ClN3O4S/c1-4-27(29(35)31-25-9-6-5-7-10-25)32(21-23-14-16-24(30)17-15-23)28(34)11-8-20-33(38(3,36)37)26-18-12-22(2)13-19-26/h12-19,25,27H,4-11,20-21H2,1-3H3,(H,31,35). The van der Waals surface area contributed by atoms with Crippen molar-refractivity contribution < 1.29 is 18.0 Å². The van der Waals surface area contributed by atoms with Crippen LogP contribution in [-0.4, -0.2) is 50.0 Å². The number of carbonyl (C=O) groups is 2. The first-order chi connectivity index (χ1) is 18.1. The van der Waals surface area contributed by atoms with E-state index in [-0.39, 0.29) is 37.4 Å². The zero-order valence-corrected chi connectivity index (χ0v) is 24.2. The second kappa shape index (κ2) is 14.0. The Morgan fingerprint density at radius 1 is 1.03 bits per heavy atom. The normalized spacial score (nSPS) is 15.1. The Bertz CT molecular complexity index is 1160. The minimum Gasteiger partial charge on any atom is -0.352 e. The Labute approximate surface area is 232 Å². The number of carbonyl (C=O) groups excluding carboxylic acids is 2. The minimum absolute atomic E-state index is 0.124. The third-order valence-electron chi connectivity index (χ3n) is 7.08. The Hall–Kier alpha value is -2.58. The van der Waals surface area contributed by atoms with Crippen molar-refractivity contribution in [3.05, 3.63) is 64.7 Å².